The molecule has 1 N–H and O–H groups in total. The van der Waals surface area contributed by atoms with E-state index >= 15 is 0 Å². The molecule has 0 radical (unpaired) electrons. The van der Waals surface area contributed by atoms with Crippen molar-refractivity contribution in [3.05, 3.63) is 23.8 Å². The zero-order valence-corrected chi connectivity index (χ0v) is 10.6. The molecular weight excluding hydrogens is 214 g/mol. The molecule has 0 saturated heterocycles. The first-order chi connectivity index (χ1) is 8.21. The molecule has 0 spiro atoms. The lowest BCUT2D eigenvalue weighted by Gasteiger charge is -2.13. The highest BCUT2D eigenvalue weighted by molar-refractivity contribution is 5.42. The molecule has 0 saturated carbocycles. The third kappa shape index (κ3) is 4.01. The molecule has 0 amide bonds. The Kier molecular flexibility index (Phi) is 5.38. The smallest absolute Gasteiger partial charge is 0.161 e. The molecule has 0 bridgehead atoms. The predicted molar refractivity (Wildman–Crippen MR) is 69.3 cm³/mol. The van der Waals surface area contributed by atoms with Crippen molar-refractivity contribution < 1.29 is 9.47 Å². The van der Waals surface area contributed by atoms with Gasteiger partial charge < -0.3 is 14.8 Å². The van der Waals surface area contributed by atoms with Gasteiger partial charge in [-0.25, -0.2) is 0 Å². The van der Waals surface area contributed by atoms with E-state index in [0.717, 1.165) is 30.0 Å². The summed E-state index contributed by atoms with van der Waals surface area (Å²) in [6, 6.07) is 6.20. The minimum atomic E-state index is 0.313. The van der Waals surface area contributed by atoms with Crippen LogP contribution in [-0.4, -0.2) is 20.3 Å². The van der Waals surface area contributed by atoms with Gasteiger partial charge in [0.05, 0.1) is 14.2 Å². The highest BCUT2D eigenvalue weighted by atomic mass is 16.5. The molecule has 92 valence electrons. The maximum absolute atomic E-state index is 5.26. The third-order valence-corrected chi connectivity index (χ3v) is 2.53. The number of nitrogens with one attached hydrogen (secondary N) is 1. The van der Waals surface area contributed by atoms with Gasteiger partial charge in [-0.1, -0.05) is 6.07 Å². The molecule has 3 nitrogen and oxygen atoms in total. The molecule has 3 heteroatoms. The van der Waals surface area contributed by atoms with Crippen LogP contribution in [0.1, 0.15) is 18.9 Å². The predicted octanol–water partition coefficient (Wildman–Crippen LogP) is 2.21. The number of rotatable bonds is 6. The molecule has 1 atom stereocenters. The van der Waals surface area contributed by atoms with E-state index in [1.54, 1.807) is 14.2 Å². The SMILES string of the molecule is C#CCC(C)NCc1ccc(OC)c(OC)c1. The van der Waals surface area contributed by atoms with Crippen LogP contribution >= 0.6 is 0 Å². The van der Waals surface area contributed by atoms with Gasteiger partial charge in [-0.05, 0) is 24.6 Å². The van der Waals surface area contributed by atoms with Gasteiger partial charge >= 0.3 is 0 Å². The van der Waals surface area contributed by atoms with E-state index in [4.69, 9.17) is 15.9 Å². The maximum atomic E-state index is 5.26. The number of benzene rings is 1. The van der Waals surface area contributed by atoms with E-state index in [1.165, 1.54) is 0 Å². The summed E-state index contributed by atoms with van der Waals surface area (Å²) in [5, 5.41) is 3.35. The van der Waals surface area contributed by atoms with Gasteiger partial charge in [-0.15, -0.1) is 12.3 Å². The number of terminal acetylenes is 1. The fraction of sp³-hybridized carbons (Fsp3) is 0.429. The average Bonchev–Trinajstić information content (AvgIpc) is 2.36. The summed E-state index contributed by atoms with van der Waals surface area (Å²) in [7, 11) is 3.26. The highest BCUT2D eigenvalue weighted by Crippen LogP contribution is 2.27. The van der Waals surface area contributed by atoms with Crippen LogP contribution in [0.15, 0.2) is 18.2 Å². The Morgan fingerprint density at radius 1 is 1.29 bits per heavy atom. The van der Waals surface area contributed by atoms with Gasteiger partial charge in [0.15, 0.2) is 11.5 Å². The quantitative estimate of drug-likeness (QED) is 0.764. The van der Waals surface area contributed by atoms with Crippen LogP contribution in [-0.2, 0) is 6.54 Å². The fourth-order valence-electron chi connectivity index (χ4n) is 1.53. The molecule has 0 aliphatic heterocycles. The molecule has 0 aliphatic rings. The van der Waals surface area contributed by atoms with Crippen LogP contribution in [0.2, 0.25) is 0 Å². The Morgan fingerprint density at radius 2 is 2.00 bits per heavy atom. The molecule has 0 fully saturated rings. The minimum Gasteiger partial charge on any atom is -0.493 e. The maximum Gasteiger partial charge on any atom is 0.161 e. The summed E-state index contributed by atoms with van der Waals surface area (Å²) in [6.45, 7) is 2.84. The zero-order chi connectivity index (χ0) is 12.7. The standard InChI is InChI=1S/C14H19NO2/c1-5-6-11(2)15-10-12-7-8-13(16-3)14(9-12)17-4/h1,7-9,11,15H,6,10H2,2-4H3. The van der Waals surface area contributed by atoms with Crippen molar-refractivity contribution in [1.82, 2.24) is 5.32 Å². The van der Waals surface area contributed by atoms with Gasteiger partial charge in [-0.3, -0.25) is 0 Å². The molecular formula is C14H19NO2. The third-order valence-electron chi connectivity index (χ3n) is 2.53. The van der Waals surface area contributed by atoms with Crippen molar-refractivity contribution in [3.63, 3.8) is 0 Å². The van der Waals surface area contributed by atoms with Gasteiger partial charge in [0, 0.05) is 19.0 Å². The lowest BCUT2D eigenvalue weighted by atomic mass is 10.1. The first kappa shape index (κ1) is 13.4. The largest absolute Gasteiger partial charge is 0.493 e. The van der Waals surface area contributed by atoms with Gasteiger partial charge in [-0.2, -0.15) is 0 Å². The number of hydrogen-bond acceptors (Lipinski definition) is 3. The molecule has 1 aromatic rings. The van der Waals surface area contributed by atoms with Crippen molar-refractivity contribution in [2.24, 2.45) is 0 Å². The lowest BCUT2D eigenvalue weighted by Crippen LogP contribution is -2.24. The van der Waals surface area contributed by atoms with Gasteiger partial charge in [0.2, 0.25) is 0 Å². The Hall–Kier alpha value is -1.66. The second-order valence-corrected chi connectivity index (χ2v) is 3.88. The highest BCUT2D eigenvalue weighted by Gasteiger charge is 2.05. The van der Waals surface area contributed by atoms with Crippen LogP contribution in [0, 0.1) is 12.3 Å². The van der Waals surface area contributed by atoms with E-state index in [0.29, 0.717) is 6.04 Å². The number of methoxy groups -OCH3 is 2. The Labute approximate surface area is 103 Å². The van der Waals surface area contributed by atoms with E-state index in [9.17, 15) is 0 Å². The first-order valence-electron chi connectivity index (χ1n) is 5.59. The van der Waals surface area contributed by atoms with Crippen molar-refractivity contribution in [2.45, 2.75) is 25.9 Å². The molecule has 1 unspecified atom stereocenters. The van der Waals surface area contributed by atoms with Crippen LogP contribution < -0.4 is 14.8 Å². The normalized spacial score (nSPS) is 11.6. The summed E-state index contributed by atoms with van der Waals surface area (Å²) in [4.78, 5) is 0. The average molecular weight is 233 g/mol. The zero-order valence-electron chi connectivity index (χ0n) is 10.6. The minimum absolute atomic E-state index is 0.313. The second-order valence-electron chi connectivity index (χ2n) is 3.88. The number of hydrogen-bond donors (Lipinski definition) is 1. The summed E-state index contributed by atoms with van der Waals surface area (Å²) in [5.41, 5.74) is 1.14. The van der Waals surface area contributed by atoms with Crippen LogP contribution in [0.25, 0.3) is 0 Å². The van der Waals surface area contributed by atoms with Gasteiger partial charge in [0.25, 0.3) is 0 Å². The number of ether oxygens (including phenoxy) is 2. The van der Waals surface area contributed by atoms with E-state index in [-0.39, 0.29) is 0 Å². The summed E-state index contributed by atoms with van der Waals surface area (Å²) in [5.74, 6) is 4.13. The first-order valence-corrected chi connectivity index (χ1v) is 5.59. The van der Waals surface area contributed by atoms with Crippen LogP contribution in [0.5, 0.6) is 11.5 Å². The van der Waals surface area contributed by atoms with Crippen molar-refractivity contribution in [2.75, 3.05) is 14.2 Å². The molecule has 0 heterocycles. The topological polar surface area (TPSA) is 30.5 Å². The van der Waals surface area contributed by atoms with Crippen molar-refractivity contribution in [3.8, 4) is 23.8 Å². The summed E-state index contributed by atoms with van der Waals surface area (Å²) < 4.78 is 10.4. The Bertz CT molecular complexity index is 396. The fourth-order valence-corrected chi connectivity index (χ4v) is 1.53. The van der Waals surface area contributed by atoms with Crippen molar-refractivity contribution in [1.29, 1.82) is 0 Å². The Morgan fingerprint density at radius 3 is 2.59 bits per heavy atom. The van der Waals surface area contributed by atoms with E-state index in [1.807, 2.05) is 18.2 Å². The van der Waals surface area contributed by atoms with Crippen LogP contribution in [0.4, 0.5) is 0 Å². The molecule has 1 aromatic carbocycles. The second kappa shape index (κ2) is 6.82. The van der Waals surface area contributed by atoms with Gasteiger partial charge in [0.1, 0.15) is 0 Å². The summed E-state index contributed by atoms with van der Waals surface area (Å²) in [6.07, 6.45) is 5.98. The monoisotopic (exact) mass is 233 g/mol. The molecule has 17 heavy (non-hydrogen) atoms. The lowest BCUT2D eigenvalue weighted by molar-refractivity contribution is 0.354. The van der Waals surface area contributed by atoms with Crippen molar-refractivity contribution >= 4 is 0 Å². The molecule has 1 rings (SSSR count). The van der Waals surface area contributed by atoms with E-state index < -0.39 is 0 Å². The summed E-state index contributed by atoms with van der Waals surface area (Å²) >= 11 is 0. The van der Waals surface area contributed by atoms with Crippen LogP contribution in [0.3, 0.4) is 0 Å². The Balaban J connectivity index is 2.63. The molecule has 0 aliphatic carbocycles. The molecule has 0 aromatic heterocycles. The van der Waals surface area contributed by atoms with E-state index in [2.05, 4.69) is 18.2 Å².